The van der Waals surface area contributed by atoms with Gasteiger partial charge in [0.05, 0.1) is 15.7 Å². The average molecular weight is 346 g/mol. The fourth-order valence-corrected chi connectivity index (χ4v) is 5.45. The number of allylic oxidation sites excluding steroid dienone is 2. The van der Waals surface area contributed by atoms with Crippen LogP contribution in [0.2, 0.25) is 0 Å². The normalized spacial score (nSPS) is 26.4. The van der Waals surface area contributed by atoms with E-state index in [0.29, 0.717) is 17.3 Å². The van der Waals surface area contributed by atoms with Crippen molar-refractivity contribution >= 4 is 10.8 Å². The number of rotatable bonds is 2. The Kier molecular flexibility index (Phi) is 3.68. The SMILES string of the molecule is O=[N+]([O-])C1=C2N(CCS2=O)C2=C(CCCC2)C1c1ccc(O)cc1. The van der Waals surface area contributed by atoms with Crippen LogP contribution in [0, 0.1) is 10.1 Å². The molecule has 3 aliphatic rings. The predicted molar refractivity (Wildman–Crippen MR) is 90.1 cm³/mol. The molecule has 0 radical (unpaired) electrons. The first-order chi connectivity index (χ1) is 11.6. The Hall–Kier alpha value is -2.15. The first kappa shape index (κ1) is 15.4. The largest absolute Gasteiger partial charge is 0.508 e. The number of nitrogens with zero attached hydrogens (tertiary/aromatic N) is 2. The minimum atomic E-state index is -1.32. The number of nitro groups is 1. The lowest BCUT2D eigenvalue weighted by Gasteiger charge is -2.36. The molecular weight excluding hydrogens is 328 g/mol. The summed E-state index contributed by atoms with van der Waals surface area (Å²) in [7, 11) is -1.32. The van der Waals surface area contributed by atoms with Crippen molar-refractivity contribution in [2.45, 2.75) is 31.6 Å². The van der Waals surface area contributed by atoms with Crippen molar-refractivity contribution in [3.8, 4) is 5.75 Å². The summed E-state index contributed by atoms with van der Waals surface area (Å²) in [6.45, 7) is 0.598. The van der Waals surface area contributed by atoms with Gasteiger partial charge in [-0.3, -0.25) is 14.3 Å². The van der Waals surface area contributed by atoms with E-state index in [2.05, 4.69) is 0 Å². The van der Waals surface area contributed by atoms with Crippen LogP contribution in [0.5, 0.6) is 5.75 Å². The summed E-state index contributed by atoms with van der Waals surface area (Å²) in [6.07, 6.45) is 3.79. The van der Waals surface area contributed by atoms with Gasteiger partial charge in [0, 0.05) is 18.0 Å². The number of benzene rings is 1. The highest BCUT2D eigenvalue weighted by molar-refractivity contribution is 7.89. The first-order valence-electron chi connectivity index (χ1n) is 8.13. The Balaban J connectivity index is 1.95. The molecule has 1 fully saturated rings. The summed E-state index contributed by atoms with van der Waals surface area (Å²) < 4.78 is 12.5. The third-order valence-corrected chi connectivity index (χ3v) is 6.45. The molecule has 126 valence electrons. The van der Waals surface area contributed by atoms with Crippen LogP contribution < -0.4 is 0 Å². The smallest absolute Gasteiger partial charge is 0.290 e. The van der Waals surface area contributed by atoms with E-state index in [1.54, 1.807) is 24.3 Å². The zero-order valence-corrected chi connectivity index (χ0v) is 13.9. The van der Waals surface area contributed by atoms with Crippen molar-refractivity contribution in [2.75, 3.05) is 12.3 Å². The molecule has 1 N–H and O–H groups in total. The Bertz CT molecular complexity index is 797. The number of phenols is 1. The fraction of sp³-hybridized carbons (Fsp3) is 0.412. The molecule has 1 aliphatic carbocycles. The molecule has 1 saturated heterocycles. The summed E-state index contributed by atoms with van der Waals surface area (Å²) in [6, 6.07) is 6.57. The lowest BCUT2D eigenvalue weighted by atomic mass is 9.79. The molecule has 1 aromatic rings. The molecule has 0 spiro atoms. The molecular formula is C17H18N2O4S. The summed E-state index contributed by atoms with van der Waals surface area (Å²) in [5, 5.41) is 21.8. The van der Waals surface area contributed by atoms with Crippen molar-refractivity contribution in [3.05, 3.63) is 61.9 Å². The van der Waals surface area contributed by atoms with Gasteiger partial charge in [0.15, 0.2) is 5.03 Å². The van der Waals surface area contributed by atoms with Gasteiger partial charge in [0.25, 0.3) is 5.70 Å². The van der Waals surface area contributed by atoms with E-state index >= 15 is 0 Å². The summed E-state index contributed by atoms with van der Waals surface area (Å²) in [5.41, 5.74) is 3.05. The summed E-state index contributed by atoms with van der Waals surface area (Å²) >= 11 is 0. The standard InChI is InChI=1S/C17H18N2O4S/c20-12-7-5-11(6-8-12)15-13-3-1-2-4-14(13)18-9-10-24(23)17(18)16(15)19(21)22/h5-8,15,20H,1-4,9-10H2. The molecule has 1 aromatic carbocycles. The number of phenolic OH excluding ortho intramolecular Hbond substituents is 1. The molecule has 7 heteroatoms. The van der Waals surface area contributed by atoms with Gasteiger partial charge in [-0.25, -0.2) is 0 Å². The van der Waals surface area contributed by atoms with Crippen molar-refractivity contribution in [3.63, 3.8) is 0 Å². The second kappa shape index (κ2) is 5.73. The van der Waals surface area contributed by atoms with Crippen LogP contribution in [0.15, 0.2) is 46.3 Å². The second-order valence-electron chi connectivity index (χ2n) is 6.35. The minimum absolute atomic E-state index is 0.0529. The third kappa shape index (κ3) is 2.26. The summed E-state index contributed by atoms with van der Waals surface area (Å²) in [4.78, 5) is 13.5. The highest BCUT2D eigenvalue weighted by Gasteiger charge is 2.47. The van der Waals surface area contributed by atoms with E-state index in [9.17, 15) is 19.4 Å². The van der Waals surface area contributed by atoms with Crippen LogP contribution >= 0.6 is 0 Å². The maximum Gasteiger partial charge on any atom is 0.290 e. The van der Waals surface area contributed by atoms with Crippen molar-refractivity contribution < 1.29 is 14.2 Å². The Morgan fingerprint density at radius 3 is 2.62 bits per heavy atom. The van der Waals surface area contributed by atoms with Crippen LogP contribution in [0.25, 0.3) is 0 Å². The van der Waals surface area contributed by atoms with Crippen LogP contribution in [-0.4, -0.2) is 31.4 Å². The Morgan fingerprint density at radius 2 is 1.92 bits per heavy atom. The monoisotopic (exact) mass is 346 g/mol. The fourth-order valence-electron chi connectivity index (χ4n) is 4.04. The van der Waals surface area contributed by atoms with Crippen molar-refractivity contribution in [2.24, 2.45) is 0 Å². The molecule has 0 saturated carbocycles. The maximum absolute atomic E-state index is 12.5. The van der Waals surface area contributed by atoms with E-state index < -0.39 is 16.7 Å². The van der Waals surface area contributed by atoms with Crippen LogP contribution in [0.1, 0.15) is 37.2 Å². The number of fused-ring (bicyclic) bond motifs is 2. The number of aromatic hydroxyl groups is 1. The molecule has 24 heavy (non-hydrogen) atoms. The number of hydrogen-bond donors (Lipinski definition) is 1. The zero-order chi connectivity index (χ0) is 16.8. The molecule has 6 nitrogen and oxygen atoms in total. The van der Waals surface area contributed by atoms with Crippen molar-refractivity contribution in [1.82, 2.24) is 4.90 Å². The van der Waals surface area contributed by atoms with Gasteiger partial charge in [-0.1, -0.05) is 12.1 Å². The van der Waals surface area contributed by atoms with Gasteiger partial charge >= 0.3 is 0 Å². The van der Waals surface area contributed by atoms with E-state index in [1.165, 1.54) is 0 Å². The van der Waals surface area contributed by atoms with Crippen LogP contribution in [-0.2, 0) is 10.8 Å². The topological polar surface area (TPSA) is 83.7 Å². The predicted octanol–water partition coefficient (Wildman–Crippen LogP) is 2.83. The summed E-state index contributed by atoms with van der Waals surface area (Å²) in [5.74, 6) is 0.115. The number of hydrogen-bond acceptors (Lipinski definition) is 5. The van der Waals surface area contributed by atoms with Crippen LogP contribution in [0.3, 0.4) is 0 Å². The van der Waals surface area contributed by atoms with E-state index in [0.717, 1.165) is 42.5 Å². The van der Waals surface area contributed by atoms with Gasteiger partial charge in [-0.05, 0) is 49.0 Å². The van der Waals surface area contributed by atoms with E-state index in [-0.39, 0.29) is 16.4 Å². The quantitative estimate of drug-likeness (QED) is 0.657. The second-order valence-corrected chi connectivity index (χ2v) is 7.84. The molecule has 2 unspecified atom stereocenters. The molecule has 0 amide bonds. The van der Waals surface area contributed by atoms with Gasteiger partial charge < -0.3 is 10.0 Å². The average Bonchev–Trinajstić information content (AvgIpc) is 2.96. The molecule has 2 heterocycles. The minimum Gasteiger partial charge on any atom is -0.508 e. The van der Waals surface area contributed by atoms with Crippen molar-refractivity contribution in [1.29, 1.82) is 0 Å². The molecule has 0 aromatic heterocycles. The third-order valence-electron chi connectivity index (χ3n) is 5.03. The lowest BCUT2D eigenvalue weighted by Crippen LogP contribution is -2.32. The molecule has 4 rings (SSSR count). The Morgan fingerprint density at radius 1 is 1.21 bits per heavy atom. The maximum atomic E-state index is 12.5. The lowest BCUT2D eigenvalue weighted by molar-refractivity contribution is -0.431. The molecule has 0 bridgehead atoms. The van der Waals surface area contributed by atoms with E-state index in [4.69, 9.17) is 0 Å². The van der Waals surface area contributed by atoms with E-state index in [1.807, 2.05) is 4.90 Å². The van der Waals surface area contributed by atoms with Crippen LogP contribution in [0.4, 0.5) is 0 Å². The van der Waals surface area contributed by atoms with Gasteiger partial charge in [0.2, 0.25) is 0 Å². The van der Waals surface area contributed by atoms with Gasteiger partial charge in [0.1, 0.15) is 11.7 Å². The van der Waals surface area contributed by atoms with Gasteiger partial charge in [-0.2, -0.15) is 0 Å². The molecule has 2 aliphatic heterocycles. The zero-order valence-electron chi connectivity index (χ0n) is 13.1. The highest BCUT2D eigenvalue weighted by atomic mass is 32.2. The molecule has 2 atom stereocenters. The first-order valence-corrected chi connectivity index (χ1v) is 9.45. The Labute approximate surface area is 142 Å². The highest BCUT2D eigenvalue weighted by Crippen LogP contribution is 2.49. The van der Waals surface area contributed by atoms with Gasteiger partial charge in [-0.15, -0.1) is 0 Å².